The molecular formula is C12H15N5O2S. The van der Waals surface area contributed by atoms with Crippen molar-refractivity contribution in [1.29, 1.82) is 0 Å². The van der Waals surface area contributed by atoms with Crippen LogP contribution in [-0.4, -0.2) is 30.4 Å². The number of pyridine rings is 1. The van der Waals surface area contributed by atoms with Crippen molar-refractivity contribution in [2.75, 3.05) is 17.1 Å². The fourth-order valence-electron chi connectivity index (χ4n) is 1.67. The first-order chi connectivity index (χ1) is 9.40. The van der Waals surface area contributed by atoms with Crippen LogP contribution in [0.1, 0.15) is 11.3 Å². The van der Waals surface area contributed by atoms with E-state index in [9.17, 15) is 8.42 Å². The molecule has 20 heavy (non-hydrogen) atoms. The van der Waals surface area contributed by atoms with Gasteiger partial charge in [-0.05, 0) is 31.5 Å². The minimum atomic E-state index is -3.74. The van der Waals surface area contributed by atoms with E-state index < -0.39 is 10.0 Å². The Morgan fingerprint density at radius 1 is 1.10 bits per heavy atom. The standard InChI is InChI=1S/C12H15N5O2S/c1-8-4-9(2)16-11(5-8)17-20(18,19)10-6-14-12(13-3)15-7-10/h4-7H,1-3H3,(H,16,17)(H,13,14,15). The van der Waals surface area contributed by atoms with Crippen molar-refractivity contribution in [3.05, 3.63) is 35.8 Å². The Hall–Kier alpha value is -2.22. The first kappa shape index (κ1) is 14.2. The van der Waals surface area contributed by atoms with Crippen LogP contribution in [-0.2, 0) is 10.0 Å². The van der Waals surface area contributed by atoms with Gasteiger partial charge in [0.1, 0.15) is 10.7 Å². The highest BCUT2D eigenvalue weighted by atomic mass is 32.2. The van der Waals surface area contributed by atoms with Crippen LogP contribution >= 0.6 is 0 Å². The van der Waals surface area contributed by atoms with E-state index in [1.165, 1.54) is 12.4 Å². The first-order valence-electron chi connectivity index (χ1n) is 5.88. The molecule has 0 aliphatic heterocycles. The molecule has 0 fully saturated rings. The number of rotatable bonds is 4. The Morgan fingerprint density at radius 3 is 2.30 bits per heavy atom. The first-order valence-corrected chi connectivity index (χ1v) is 7.37. The topological polar surface area (TPSA) is 96.9 Å². The summed E-state index contributed by atoms with van der Waals surface area (Å²) in [5.41, 5.74) is 1.67. The molecule has 0 aliphatic carbocycles. The zero-order valence-electron chi connectivity index (χ0n) is 11.4. The van der Waals surface area contributed by atoms with Gasteiger partial charge in [0.25, 0.3) is 10.0 Å². The van der Waals surface area contributed by atoms with Crippen LogP contribution < -0.4 is 10.0 Å². The van der Waals surface area contributed by atoms with E-state index in [1.54, 1.807) is 20.0 Å². The predicted octanol–water partition coefficient (Wildman–Crippen LogP) is 1.33. The van der Waals surface area contributed by atoms with Crippen LogP contribution in [0.25, 0.3) is 0 Å². The Morgan fingerprint density at radius 2 is 1.75 bits per heavy atom. The zero-order valence-corrected chi connectivity index (χ0v) is 12.2. The molecule has 8 heteroatoms. The van der Waals surface area contributed by atoms with Gasteiger partial charge in [0.15, 0.2) is 0 Å². The third-order valence-electron chi connectivity index (χ3n) is 2.50. The van der Waals surface area contributed by atoms with Gasteiger partial charge in [0.05, 0.1) is 12.4 Å². The minimum absolute atomic E-state index is 0.0162. The lowest BCUT2D eigenvalue weighted by Crippen LogP contribution is -2.15. The summed E-state index contributed by atoms with van der Waals surface area (Å²) in [5.74, 6) is 0.633. The number of anilines is 2. The van der Waals surface area contributed by atoms with Crippen molar-refractivity contribution < 1.29 is 8.42 Å². The number of nitrogens with zero attached hydrogens (tertiary/aromatic N) is 3. The highest BCUT2D eigenvalue weighted by molar-refractivity contribution is 7.92. The molecule has 0 saturated heterocycles. The maximum absolute atomic E-state index is 12.2. The Bertz CT molecular complexity index is 693. The molecule has 0 radical (unpaired) electrons. The smallest absolute Gasteiger partial charge is 0.266 e. The van der Waals surface area contributed by atoms with E-state index in [0.717, 1.165) is 11.3 Å². The molecule has 0 bridgehead atoms. The zero-order chi connectivity index (χ0) is 14.8. The normalized spacial score (nSPS) is 11.2. The van der Waals surface area contributed by atoms with E-state index >= 15 is 0 Å². The van der Waals surface area contributed by atoms with Gasteiger partial charge in [0.2, 0.25) is 5.95 Å². The highest BCUT2D eigenvalue weighted by Gasteiger charge is 2.16. The summed E-state index contributed by atoms with van der Waals surface area (Å²) in [6, 6.07) is 3.52. The van der Waals surface area contributed by atoms with Crippen LogP contribution in [0.2, 0.25) is 0 Å². The quantitative estimate of drug-likeness (QED) is 0.882. The summed E-state index contributed by atoms with van der Waals surface area (Å²) in [6.45, 7) is 3.67. The van der Waals surface area contributed by atoms with Crippen molar-refractivity contribution in [3.8, 4) is 0 Å². The molecule has 0 saturated carbocycles. The molecule has 0 unspecified atom stereocenters. The van der Waals surface area contributed by atoms with Gasteiger partial charge < -0.3 is 5.32 Å². The number of aromatic nitrogens is 3. The van der Waals surface area contributed by atoms with Crippen molar-refractivity contribution in [3.63, 3.8) is 0 Å². The Kier molecular flexibility index (Phi) is 3.84. The Labute approximate surface area is 117 Å². The molecule has 2 heterocycles. The van der Waals surface area contributed by atoms with Gasteiger partial charge >= 0.3 is 0 Å². The summed E-state index contributed by atoms with van der Waals surface area (Å²) < 4.78 is 26.8. The molecule has 2 aromatic heterocycles. The molecule has 0 amide bonds. The Balaban J connectivity index is 2.30. The van der Waals surface area contributed by atoms with Crippen molar-refractivity contribution in [2.45, 2.75) is 18.7 Å². The number of nitrogens with one attached hydrogen (secondary N) is 2. The summed E-state index contributed by atoms with van der Waals surface area (Å²) in [6.07, 6.45) is 2.48. The maximum atomic E-state index is 12.2. The second-order valence-electron chi connectivity index (χ2n) is 4.27. The monoisotopic (exact) mass is 293 g/mol. The average molecular weight is 293 g/mol. The van der Waals surface area contributed by atoms with Gasteiger partial charge in [-0.25, -0.2) is 23.4 Å². The molecule has 0 aromatic carbocycles. The third-order valence-corrected chi connectivity index (χ3v) is 3.81. The maximum Gasteiger partial charge on any atom is 0.266 e. The van der Waals surface area contributed by atoms with Crippen LogP contribution in [0.3, 0.4) is 0 Å². The average Bonchev–Trinajstić information content (AvgIpc) is 2.37. The van der Waals surface area contributed by atoms with E-state index in [-0.39, 0.29) is 10.7 Å². The molecule has 106 valence electrons. The van der Waals surface area contributed by atoms with E-state index in [2.05, 4.69) is 25.0 Å². The highest BCUT2D eigenvalue weighted by Crippen LogP contribution is 2.15. The summed E-state index contributed by atoms with van der Waals surface area (Å²) in [4.78, 5) is 11.9. The van der Waals surface area contributed by atoms with Crippen LogP contribution in [0.15, 0.2) is 29.4 Å². The molecule has 2 N–H and O–H groups in total. The van der Waals surface area contributed by atoms with E-state index in [0.29, 0.717) is 5.95 Å². The number of aryl methyl sites for hydroxylation is 2. The third kappa shape index (κ3) is 3.21. The van der Waals surface area contributed by atoms with Gasteiger partial charge in [0, 0.05) is 12.7 Å². The lowest BCUT2D eigenvalue weighted by Gasteiger charge is -2.08. The van der Waals surface area contributed by atoms with Gasteiger partial charge in [-0.3, -0.25) is 4.72 Å². The number of hydrogen-bond acceptors (Lipinski definition) is 6. The molecule has 0 atom stereocenters. The van der Waals surface area contributed by atoms with Crippen molar-refractivity contribution in [2.24, 2.45) is 0 Å². The number of sulfonamides is 1. The van der Waals surface area contributed by atoms with Gasteiger partial charge in [-0.2, -0.15) is 0 Å². The molecule has 2 aromatic rings. The van der Waals surface area contributed by atoms with Crippen LogP contribution in [0.4, 0.5) is 11.8 Å². The second-order valence-corrected chi connectivity index (χ2v) is 5.95. The van der Waals surface area contributed by atoms with Crippen LogP contribution in [0, 0.1) is 13.8 Å². The summed E-state index contributed by atoms with van der Waals surface area (Å²) in [5, 5.41) is 2.72. The van der Waals surface area contributed by atoms with Crippen molar-refractivity contribution in [1.82, 2.24) is 15.0 Å². The minimum Gasteiger partial charge on any atom is -0.357 e. The molecule has 0 aliphatic rings. The molecular weight excluding hydrogens is 278 g/mol. The SMILES string of the molecule is CNc1ncc(S(=O)(=O)Nc2cc(C)cc(C)n2)cn1. The van der Waals surface area contributed by atoms with E-state index in [4.69, 9.17) is 0 Å². The lowest BCUT2D eigenvalue weighted by molar-refractivity contribution is 0.600. The largest absolute Gasteiger partial charge is 0.357 e. The fraction of sp³-hybridized carbons (Fsp3) is 0.250. The van der Waals surface area contributed by atoms with Crippen molar-refractivity contribution >= 4 is 21.8 Å². The molecule has 2 rings (SSSR count). The second kappa shape index (κ2) is 5.41. The summed E-state index contributed by atoms with van der Waals surface area (Å²) >= 11 is 0. The van der Waals surface area contributed by atoms with Gasteiger partial charge in [-0.15, -0.1) is 0 Å². The number of hydrogen-bond donors (Lipinski definition) is 2. The lowest BCUT2D eigenvalue weighted by atomic mass is 10.2. The summed E-state index contributed by atoms with van der Waals surface area (Å²) in [7, 11) is -2.08. The molecule has 7 nitrogen and oxygen atoms in total. The van der Waals surface area contributed by atoms with Crippen LogP contribution in [0.5, 0.6) is 0 Å². The predicted molar refractivity (Wildman–Crippen MR) is 76.1 cm³/mol. The molecule has 0 spiro atoms. The van der Waals surface area contributed by atoms with E-state index in [1.807, 2.05) is 13.0 Å². The fourth-order valence-corrected chi connectivity index (χ4v) is 2.55. The van der Waals surface area contributed by atoms with Gasteiger partial charge in [-0.1, -0.05) is 0 Å².